The van der Waals surface area contributed by atoms with Gasteiger partial charge in [-0.3, -0.25) is 20.4 Å². The molecule has 0 aliphatic heterocycles. The Kier molecular flexibility index (Phi) is 4.45. The van der Waals surface area contributed by atoms with E-state index < -0.39 is 5.41 Å². The minimum atomic E-state index is -0.473. The number of hydrazine groups is 1. The highest BCUT2D eigenvalue weighted by molar-refractivity contribution is 5.84. The van der Waals surface area contributed by atoms with Gasteiger partial charge in [0.1, 0.15) is 0 Å². The number of hydrogen-bond acceptors (Lipinski definition) is 2. The summed E-state index contributed by atoms with van der Waals surface area (Å²) in [6.07, 6.45) is 1.21. The van der Waals surface area contributed by atoms with Crippen molar-refractivity contribution in [3.05, 3.63) is 0 Å². The molecule has 13 heavy (non-hydrogen) atoms. The molecule has 0 saturated carbocycles. The van der Waals surface area contributed by atoms with Gasteiger partial charge < -0.3 is 0 Å². The van der Waals surface area contributed by atoms with Gasteiger partial charge in [0.2, 0.25) is 11.8 Å². The van der Waals surface area contributed by atoms with E-state index in [-0.39, 0.29) is 11.8 Å². The van der Waals surface area contributed by atoms with E-state index in [1.54, 1.807) is 20.8 Å². The Morgan fingerprint density at radius 3 is 2.08 bits per heavy atom. The van der Waals surface area contributed by atoms with Crippen LogP contribution in [0.4, 0.5) is 0 Å². The minimum absolute atomic E-state index is 0.153. The van der Waals surface area contributed by atoms with Crippen molar-refractivity contribution in [2.45, 2.75) is 40.5 Å². The van der Waals surface area contributed by atoms with E-state index in [0.717, 1.165) is 6.42 Å². The summed E-state index contributed by atoms with van der Waals surface area (Å²) in [5, 5.41) is 0. The fraction of sp³-hybridized carbons (Fsp3) is 0.778. The summed E-state index contributed by atoms with van der Waals surface area (Å²) >= 11 is 0. The molecule has 0 aromatic heterocycles. The van der Waals surface area contributed by atoms with Crippen LogP contribution < -0.4 is 10.9 Å². The Morgan fingerprint density at radius 2 is 1.69 bits per heavy atom. The summed E-state index contributed by atoms with van der Waals surface area (Å²) in [5.41, 5.74) is 4.25. The average Bonchev–Trinajstić information content (AvgIpc) is 1.99. The van der Waals surface area contributed by atoms with Crippen molar-refractivity contribution >= 4 is 11.8 Å². The quantitative estimate of drug-likeness (QED) is 0.631. The number of carbonyl (C=O) groups excluding carboxylic acids is 2. The summed E-state index contributed by atoms with van der Waals surface area (Å²) in [6.45, 7) is 7.27. The second-order valence-corrected chi connectivity index (χ2v) is 4.00. The zero-order valence-electron chi connectivity index (χ0n) is 8.73. The molecule has 0 aromatic rings. The third-order valence-corrected chi connectivity index (χ3v) is 1.47. The number of nitrogens with one attached hydrogen (secondary N) is 2. The molecule has 0 aliphatic rings. The fourth-order valence-corrected chi connectivity index (χ4v) is 0.604. The summed E-state index contributed by atoms with van der Waals surface area (Å²) in [7, 11) is 0. The van der Waals surface area contributed by atoms with Crippen molar-refractivity contribution < 1.29 is 9.59 Å². The standard InChI is InChI=1S/C9H18N2O2/c1-5-6-7(12)10-11-8(13)9(2,3)4/h5-6H2,1-4H3,(H,10,12)(H,11,13). The van der Waals surface area contributed by atoms with Crippen molar-refractivity contribution in [1.82, 2.24) is 10.9 Å². The van der Waals surface area contributed by atoms with Crippen LogP contribution in [0.15, 0.2) is 0 Å². The van der Waals surface area contributed by atoms with Crippen LogP contribution in [0.5, 0.6) is 0 Å². The van der Waals surface area contributed by atoms with Crippen LogP contribution in [0, 0.1) is 5.41 Å². The first-order valence-electron chi connectivity index (χ1n) is 4.47. The molecular formula is C9H18N2O2. The third-order valence-electron chi connectivity index (χ3n) is 1.47. The van der Waals surface area contributed by atoms with Crippen LogP contribution in [-0.2, 0) is 9.59 Å². The van der Waals surface area contributed by atoms with E-state index in [1.165, 1.54) is 0 Å². The van der Waals surface area contributed by atoms with E-state index in [2.05, 4.69) is 10.9 Å². The Labute approximate surface area is 79.1 Å². The molecule has 0 fully saturated rings. The molecule has 0 radical (unpaired) electrons. The molecule has 0 heterocycles. The van der Waals surface area contributed by atoms with Crippen molar-refractivity contribution in [2.75, 3.05) is 0 Å². The molecule has 76 valence electrons. The maximum atomic E-state index is 11.2. The van der Waals surface area contributed by atoms with Gasteiger partial charge in [-0.2, -0.15) is 0 Å². The molecule has 0 bridgehead atoms. The topological polar surface area (TPSA) is 58.2 Å². The smallest absolute Gasteiger partial charge is 0.243 e. The lowest BCUT2D eigenvalue weighted by Crippen LogP contribution is -2.46. The van der Waals surface area contributed by atoms with Crippen molar-refractivity contribution in [2.24, 2.45) is 5.41 Å². The molecule has 0 aliphatic carbocycles. The van der Waals surface area contributed by atoms with Gasteiger partial charge in [0.15, 0.2) is 0 Å². The van der Waals surface area contributed by atoms with Crippen molar-refractivity contribution in [3.63, 3.8) is 0 Å². The maximum Gasteiger partial charge on any atom is 0.243 e. The van der Waals surface area contributed by atoms with E-state index in [9.17, 15) is 9.59 Å². The number of rotatable bonds is 2. The van der Waals surface area contributed by atoms with E-state index >= 15 is 0 Å². The van der Waals surface area contributed by atoms with Gasteiger partial charge in [-0.1, -0.05) is 27.7 Å². The molecule has 2 N–H and O–H groups in total. The highest BCUT2D eigenvalue weighted by Crippen LogP contribution is 2.11. The largest absolute Gasteiger partial charge is 0.273 e. The predicted octanol–water partition coefficient (Wildman–Crippen LogP) is 0.980. The van der Waals surface area contributed by atoms with Gasteiger partial charge in [0.25, 0.3) is 0 Å². The van der Waals surface area contributed by atoms with Gasteiger partial charge >= 0.3 is 0 Å². The lowest BCUT2D eigenvalue weighted by atomic mass is 9.96. The first kappa shape index (κ1) is 11.9. The Morgan fingerprint density at radius 1 is 1.15 bits per heavy atom. The van der Waals surface area contributed by atoms with Crippen LogP contribution in [0.2, 0.25) is 0 Å². The number of amides is 2. The van der Waals surface area contributed by atoms with Crippen LogP contribution in [0.3, 0.4) is 0 Å². The van der Waals surface area contributed by atoms with Gasteiger partial charge in [-0.05, 0) is 6.42 Å². The highest BCUT2D eigenvalue weighted by atomic mass is 16.2. The molecule has 0 unspecified atom stereocenters. The SMILES string of the molecule is CCCC(=O)NNC(=O)C(C)(C)C. The summed E-state index contributed by atoms with van der Waals surface area (Å²) in [5.74, 6) is -0.336. The van der Waals surface area contributed by atoms with E-state index in [4.69, 9.17) is 0 Å². The molecule has 0 rings (SSSR count). The molecule has 0 spiro atoms. The monoisotopic (exact) mass is 186 g/mol. The van der Waals surface area contributed by atoms with Gasteiger partial charge in [-0.25, -0.2) is 0 Å². The molecule has 0 atom stereocenters. The van der Waals surface area contributed by atoms with Crippen molar-refractivity contribution in [3.8, 4) is 0 Å². The third kappa shape index (κ3) is 5.22. The molecule has 2 amide bonds. The molecule has 0 aromatic carbocycles. The van der Waals surface area contributed by atoms with Crippen LogP contribution in [-0.4, -0.2) is 11.8 Å². The van der Waals surface area contributed by atoms with Gasteiger partial charge in [0.05, 0.1) is 0 Å². The molecule has 4 heteroatoms. The van der Waals surface area contributed by atoms with Crippen LogP contribution >= 0.6 is 0 Å². The Balaban J connectivity index is 3.77. The summed E-state index contributed by atoms with van der Waals surface area (Å²) < 4.78 is 0. The minimum Gasteiger partial charge on any atom is -0.273 e. The summed E-state index contributed by atoms with van der Waals surface area (Å²) in [4.78, 5) is 22.2. The predicted molar refractivity (Wildman–Crippen MR) is 50.6 cm³/mol. The zero-order chi connectivity index (χ0) is 10.5. The maximum absolute atomic E-state index is 11.2. The van der Waals surface area contributed by atoms with Gasteiger partial charge in [-0.15, -0.1) is 0 Å². The lowest BCUT2D eigenvalue weighted by Gasteiger charge is -2.17. The van der Waals surface area contributed by atoms with Crippen LogP contribution in [0.1, 0.15) is 40.5 Å². The fourth-order valence-electron chi connectivity index (χ4n) is 0.604. The Bertz CT molecular complexity index is 194. The first-order valence-corrected chi connectivity index (χ1v) is 4.47. The first-order chi connectivity index (χ1) is 5.88. The van der Waals surface area contributed by atoms with Crippen molar-refractivity contribution in [1.29, 1.82) is 0 Å². The van der Waals surface area contributed by atoms with Crippen LogP contribution in [0.25, 0.3) is 0 Å². The Hall–Kier alpha value is -1.06. The average molecular weight is 186 g/mol. The highest BCUT2D eigenvalue weighted by Gasteiger charge is 2.21. The van der Waals surface area contributed by atoms with Gasteiger partial charge in [0, 0.05) is 11.8 Å². The zero-order valence-corrected chi connectivity index (χ0v) is 8.73. The molecule has 4 nitrogen and oxygen atoms in total. The number of carbonyl (C=O) groups is 2. The normalized spacial score (nSPS) is 10.8. The summed E-state index contributed by atoms with van der Waals surface area (Å²) in [6, 6.07) is 0. The lowest BCUT2D eigenvalue weighted by molar-refractivity contribution is -0.133. The molecule has 0 saturated heterocycles. The van der Waals surface area contributed by atoms with E-state index in [1.807, 2.05) is 6.92 Å². The second-order valence-electron chi connectivity index (χ2n) is 4.00. The number of hydrogen-bond donors (Lipinski definition) is 2. The second kappa shape index (κ2) is 4.84. The van der Waals surface area contributed by atoms with E-state index in [0.29, 0.717) is 6.42 Å². The molecular weight excluding hydrogens is 168 g/mol.